The van der Waals surface area contributed by atoms with E-state index in [4.69, 9.17) is 9.31 Å². The molecule has 2 saturated heterocycles. The number of aromatic nitrogens is 2. The van der Waals surface area contributed by atoms with E-state index in [0.29, 0.717) is 0 Å². The highest BCUT2D eigenvalue weighted by molar-refractivity contribution is 6.62. The molecule has 0 aromatic carbocycles. The summed E-state index contributed by atoms with van der Waals surface area (Å²) < 4.78 is 13.8. The summed E-state index contributed by atoms with van der Waals surface area (Å²) in [5.41, 5.74) is 0.0991. The molecule has 0 spiro atoms. The van der Waals surface area contributed by atoms with E-state index in [-0.39, 0.29) is 17.4 Å². The Kier molecular flexibility index (Phi) is 3.91. The van der Waals surface area contributed by atoms with E-state index in [1.807, 2.05) is 33.9 Å². The van der Waals surface area contributed by atoms with Gasteiger partial charge < -0.3 is 9.31 Å². The summed E-state index contributed by atoms with van der Waals surface area (Å²) in [6.07, 6.45) is 6.48. The fourth-order valence-corrected chi connectivity index (χ4v) is 2.92. The quantitative estimate of drug-likeness (QED) is 0.613. The minimum atomic E-state index is -0.440. The number of rotatable bonds is 4. The van der Waals surface area contributed by atoms with Crippen molar-refractivity contribution in [3.8, 4) is 0 Å². The van der Waals surface area contributed by atoms with Crippen molar-refractivity contribution < 1.29 is 14.1 Å². The molecule has 0 radical (unpaired) electrons. The van der Waals surface area contributed by atoms with Gasteiger partial charge in [0, 0.05) is 30.9 Å². The molecule has 1 atom stereocenters. The highest BCUT2D eigenvalue weighted by Crippen LogP contribution is 2.36. The lowest BCUT2D eigenvalue weighted by atomic mass is 9.82. The van der Waals surface area contributed by atoms with Gasteiger partial charge in [-0.1, -0.05) is 0 Å². The lowest BCUT2D eigenvalue weighted by Crippen LogP contribution is -2.41. The normalized spacial score (nSPS) is 25.5. The van der Waals surface area contributed by atoms with Crippen LogP contribution in [0, 0.1) is 0 Å². The van der Waals surface area contributed by atoms with Gasteiger partial charge in [-0.25, -0.2) is 4.68 Å². The Morgan fingerprint density at radius 2 is 1.82 bits per heavy atom. The van der Waals surface area contributed by atoms with Crippen LogP contribution < -0.4 is 5.46 Å². The van der Waals surface area contributed by atoms with E-state index in [1.165, 1.54) is 0 Å². The molecule has 120 valence electrons. The molecule has 1 aromatic heterocycles. The zero-order valence-corrected chi connectivity index (χ0v) is 13.8. The van der Waals surface area contributed by atoms with Gasteiger partial charge in [0.25, 0.3) is 0 Å². The predicted molar refractivity (Wildman–Crippen MR) is 83.9 cm³/mol. The van der Waals surface area contributed by atoms with Gasteiger partial charge in [-0.3, -0.25) is 9.69 Å². The first-order valence-electron chi connectivity index (χ1n) is 7.93. The molecular weight excluding hydrogens is 281 g/mol. The monoisotopic (exact) mass is 305 g/mol. The second kappa shape index (κ2) is 5.47. The summed E-state index contributed by atoms with van der Waals surface area (Å²) in [5.74, 6) is 0. The van der Waals surface area contributed by atoms with Crippen molar-refractivity contribution in [3.05, 3.63) is 12.4 Å². The topological polar surface area (TPSA) is 56.6 Å². The van der Waals surface area contributed by atoms with Crippen molar-refractivity contribution in [2.75, 3.05) is 13.1 Å². The van der Waals surface area contributed by atoms with Crippen LogP contribution in [0.3, 0.4) is 0 Å². The number of carbonyl (C=O) groups is 1. The molecule has 0 amide bonds. The van der Waals surface area contributed by atoms with Crippen molar-refractivity contribution >= 4 is 18.9 Å². The fourth-order valence-electron chi connectivity index (χ4n) is 2.92. The summed E-state index contributed by atoms with van der Waals surface area (Å²) in [7, 11) is -0.440. The average Bonchev–Trinajstić information content (AvgIpc) is 3.12. The molecule has 22 heavy (non-hydrogen) atoms. The Labute approximate surface area is 131 Å². The van der Waals surface area contributed by atoms with Crippen LogP contribution in [-0.4, -0.2) is 52.4 Å². The van der Waals surface area contributed by atoms with E-state index in [9.17, 15) is 4.79 Å². The molecule has 1 unspecified atom stereocenters. The smallest absolute Gasteiger partial charge is 0.399 e. The van der Waals surface area contributed by atoms with Gasteiger partial charge in [0.05, 0.1) is 11.2 Å². The van der Waals surface area contributed by atoms with E-state index < -0.39 is 7.12 Å². The summed E-state index contributed by atoms with van der Waals surface area (Å²) in [6, 6.07) is 0. The molecule has 0 bridgehead atoms. The maximum absolute atomic E-state index is 11.5. The SMILES string of the molecule is CC1(C)OB(c2cnn(C(C=O)N3CCCC3)c2)OC1(C)C. The summed E-state index contributed by atoms with van der Waals surface area (Å²) in [5, 5.41) is 4.36. The first-order valence-corrected chi connectivity index (χ1v) is 7.93. The number of hydrogen-bond acceptors (Lipinski definition) is 5. The molecule has 1 aromatic rings. The first-order chi connectivity index (χ1) is 10.3. The molecule has 2 fully saturated rings. The van der Waals surface area contributed by atoms with Crippen molar-refractivity contribution in [1.82, 2.24) is 14.7 Å². The molecule has 2 aliphatic rings. The Morgan fingerprint density at radius 3 is 2.36 bits per heavy atom. The third-order valence-corrected chi connectivity index (χ3v) is 5.05. The number of likely N-dealkylation sites (tertiary alicyclic amines) is 1. The molecule has 6 nitrogen and oxygen atoms in total. The largest absolute Gasteiger partial charge is 0.498 e. The molecule has 7 heteroatoms. The van der Waals surface area contributed by atoms with E-state index in [1.54, 1.807) is 10.9 Å². The number of aldehydes is 1. The lowest BCUT2D eigenvalue weighted by Gasteiger charge is -2.32. The minimum Gasteiger partial charge on any atom is -0.399 e. The Balaban J connectivity index is 1.78. The Hall–Kier alpha value is -1.18. The van der Waals surface area contributed by atoms with E-state index in [0.717, 1.165) is 37.7 Å². The molecule has 3 heterocycles. The van der Waals surface area contributed by atoms with Crippen molar-refractivity contribution in [3.63, 3.8) is 0 Å². The second-order valence-corrected chi connectivity index (χ2v) is 7.13. The van der Waals surface area contributed by atoms with Crippen LogP contribution in [0.15, 0.2) is 12.4 Å². The maximum Gasteiger partial charge on any atom is 0.498 e. The van der Waals surface area contributed by atoms with Crippen LogP contribution in [0.25, 0.3) is 0 Å². The maximum atomic E-state index is 11.5. The van der Waals surface area contributed by atoms with Gasteiger partial charge in [0.1, 0.15) is 0 Å². The molecular formula is C15H24BN3O3. The van der Waals surface area contributed by atoms with Crippen molar-refractivity contribution in [1.29, 1.82) is 0 Å². The fraction of sp³-hybridized carbons (Fsp3) is 0.733. The Bertz CT molecular complexity index is 536. The molecule has 3 rings (SSSR count). The second-order valence-electron chi connectivity index (χ2n) is 7.13. The number of nitrogens with zero attached hydrogens (tertiary/aromatic N) is 3. The lowest BCUT2D eigenvalue weighted by molar-refractivity contribution is -0.115. The van der Waals surface area contributed by atoms with Crippen LogP contribution in [-0.2, 0) is 14.1 Å². The van der Waals surface area contributed by atoms with Gasteiger partial charge in [-0.05, 0) is 40.5 Å². The van der Waals surface area contributed by atoms with E-state index >= 15 is 0 Å². The van der Waals surface area contributed by atoms with Crippen LogP contribution in [0.2, 0.25) is 0 Å². The standard InChI is InChI=1S/C15H24BN3O3/c1-14(2)15(3,4)22-16(21-14)12-9-17-19(10-12)13(11-20)18-7-5-6-8-18/h9-11,13H,5-8H2,1-4H3. The van der Waals surface area contributed by atoms with Crippen LogP contribution >= 0.6 is 0 Å². The third-order valence-electron chi connectivity index (χ3n) is 5.05. The van der Waals surface area contributed by atoms with Crippen molar-refractivity contribution in [2.24, 2.45) is 0 Å². The Morgan fingerprint density at radius 1 is 1.23 bits per heavy atom. The summed E-state index contributed by atoms with van der Waals surface area (Å²) in [4.78, 5) is 13.6. The number of carbonyl (C=O) groups excluding carboxylic acids is 1. The van der Waals surface area contributed by atoms with E-state index in [2.05, 4.69) is 10.00 Å². The predicted octanol–water partition coefficient (Wildman–Crippen LogP) is 0.976. The van der Waals surface area contributed by atoms with Crippen LogP contribution in [0.4, 0.5) is 0 Å². The zero-order valence-electron chi connectivity index (χ0n) is 13.8. The summed E-state index contributed by atoms with van der Waals surface area (Å²) in [6.45, 7) is 9.97. The van der Waals surface area contributed by atoms with Gasteiger partial charge in [0.2, 0.25) is 0 Å². The zero-order chi connectivity index (χ0) is 16.0. The van der Waals surface area contributed by atoms with Gasteiger partial charge >= 0.3 is 7.12 Å². The minimum absolute atomic E-state index is 0.335. The highest BCUT2D eigenvalue weighted by atomic mass is 16.7. The molecule has 0 aliphatic carbocycles. The average molecular weight is 305 g/mol. The van der Waals surface area contributed by atoms with Crippen LogP contribution in [0.5, 0.6) is 0 Å². The molecule has 0 saturated carbocycles. The van der Waals surface area contributed by atoms with Gasteiger partial charge in [-0.15, -0.1) is 0 Å². The van der Waals surface area contributed by atoms with Crippen molar-refractivity contribution in [2.45, 2.75) is 57.9 Å². The number of hydrogen-bond donors (Lipinski definition) is 0. The van der Waals surface area contributed by atoms with Crippen LogP contribution in [0.1, 0.15) is 46.7 Å². The summed E-state index contributed by atoms with van der Waals surface area (Å²) >= 11 is 0. The first kappa shape index (κ1) is 15.7. The van der Waals surface area contributed by atoms with Gasteiger partial charge in [-0.2, -0.15) is 5.10 Å². The third kappa shape index (κ3) is 2.62. The van der Waals surface area contributed by atoms with Gasteiger partial charge in [0.15, 0.2) is 12.5 Å². The highest BCUT2D eigenvalue weighted by Gasteiger charge is 2.52. The molecule has 0 N–H and O–H groups in total. The molecule has 2 aliphatic heterocycles.